The van der Waals surface area contributed by atoms with E-state index in [1.165, 1.54) is 0 Å². The van der Waals surface area contributed by atoms with Gasteiger partial charge < -0.3 is 0 Å². The van der Waals surface area contributed by atoms with Crippen LogP contribution in [0, 0.1) is 11.3 Å². The maximum absolute atomic E-state index is 11.8. The average molecular weight is 262 g/mol. The van der Waals surface area contributed by atoms with Crippen LogP contribution in [-0.4, -0.2) is 22.5 Å². The van der Waals surface area contributed by atoms with Gasteiger partial charge in [-0.05, 0) is 6.42 Å². The van der Waals surface area contributed by atoms with Crippen molar-refractivity contribution >= 4 is 17.6 Å². The van der Waals surface area contributed by atoms with Gasteiger partial charge in [0.2, 0.25) is 11.8 Å². The molecule has 0 saturated carbocycles. The average Bonchev–Trinajstić information content (AvgIpc) is 2.38. The smallest absolute Gasteiger partial charge is 0.241 e. The number of ketones is 1. The number of nitriles is 1. The summed E-state index contributed by atoms with van der Waals surface area (Å²) in [6, 6.07) is 1.71. The van der Waals surface area contributed by atoms with Gasteiger partial charge in [0, 0.05) is 12.6 Å². The van der Waals surface area contributed by atoms with Crippen LogP contribution in [0.3, 0.4) is 0 Å². The number of nitrogens with zero attached hydrogens (tertiary/aromatic N) is 2. The first-order valence-electron chi connectivity index (χ1n) is 6.60. The second kappa shape index (κ2) is 7.47. The second-order valence-electron chi connectivity index (χ2n) is 4.58. The third kappa shape index (κ3) is 4.32. The van der Waals surface area contributed by atoms with Crippen LogP contribution < -0.4 is 0 Å². The summed E-state index contributed by atoms with van der Waals surface area (Å²) in [7, 11) is 0. The molecule has 19 heavy (non-hydrogen) atoms. The maximum Gasteiger partial charge on any atom is 0.241 e. The number of carbonyl (C=O) groups is 3. The zero-order valence-corrected chi connectivity index (χ0v) is 11.1. The Bertz CT molecular complexity index is 446. The Morgan fingerprint density at radius 2 is 2.00 bits per heavy atom. The molecule has 102 valence electrons. The highest BCUT2D eigenvalue weighted by atomic mass is 16.2. The Kier molecular flexibility index (Phi) is 5.94. The first kappa shape index (κ1) is 15.1. The quantitative estimate of drug-likeness (QED) is 0.542. The number of Topliss-reactive ketones (excluding diaryl/α,β-unsaturated/α-hetero) is 1. The zero-order chi connectivity index (χ0) is 14.3. The first-order chi connectivity index (χ1) is 9.10. The van der Waals surface area contributed by atoms with Crippen molar-refractivity contribution in [3.63, 3.8) is 0 Å². The van der Waals surface area contributed by atoms with Crippen molar-refractivity contribution in [1.82, 2.24) is 4.90 Å². The van der Waals surface area contributed by atoms with Crippen LogP contribution in [0.25, 0.3) is 0 Å². The summed E-state index contributed by atoms with van der Waals surface area (Å²) in [4.78, 5) is 35.6. The van der Waals surface area contributed by atoms with Crippen LogP contribution in [0.2, 0.25) is 0 Å². The number of unbranched alkanes of at least 4 members (excludes halogenated alkanes) is 4. The van der Waals surface area contributed by atoms with E-state index >= 15 is 0 Å². The number of hydrogen-bond acceptors (Lipinski definition) is 4. The third-order valence-corrected chi connectivity index (χ3v) is 3.02. The molecule has 0 spiro atoms. The Morgan fingerprint density at radius 1 is 1.32 bits per heavy atom. The van der Waals surface area contributed by atoms with Gasteiger partial charge in [-0.25, -0.2) is 0 Å². The summed E-state index contributed by atoms with van der Waals surface area (Å²) in [5.41, 5.74) is -0.126. The van der Waals surface area contributed by atoms with E-state index in [1.807, 2.05) is 0 Å². The van der Waals surface area contributed by atoms with Gasteiger partial charge in [0.1, 0.15) is 11.6 Å². The summed E-state index contributed by atoms with van der Waals surface area (Å²) in [5, 5.41) is 8.73. The molecule has 0 aliphatic carbocycles. The molecule has 2 amide bonds. The molecule has 0 radical (unpaired) electrons. The standard InChI is InChI=1S/C14H18N2O3/c1-2-3-4-5-6-7-13(18)16-10-11(9-15)12(17)8-14(16)19/h10H,2-8H2,1H3. The van der Waals surface area contributed by atoms with E-state index in [0.29, 0.717) is 0 Å². The van der Waals surface area contributed by atoms with E-state index in [9.17, 15) is 14.4 Å². The van der Waals surface area contributed by atoms with Gasteiger partial charge in [0.15, 0.2) is 5.78 Å². The molecule has 1 heterocycles. The van der Waals surface area contributed by atoms with Gasteiger partial charge in [-0.1, -0.05) is 32.6 Å². The van der Waals surface area contributed by atoms with E-state index in [2.05, 4.69) is 6.92 Å². The fourth-order valence-corrected chi connectivity index (χ4v) is 1.89. The SMILES string of the molecule is CCCCCCCC(=O)N1C=C(C#N)C(=O)CC1=O. The van der Waals surface area contributed by atoms with Crippen molar-refractivity contribution in [3.8, 4) is 6.07 Å². The lowest BCUT2D eigenvalue weighted by atomic mass is 10.1. The number of allylic oxidation sites excluding steroid dienone is 1. The maximum atomic E-state index is 11.8. The van der Waals surface area contributed by atoms with Gasteiger partial charge in [0.25, 0.3) is 0 Å². The molecule has 0 aromatic heterocycles. The summed E-state index contributed by atoms with van der Waals surface area (Å²) in [6.45, 7) is 2.11. The summed E-state index contributed by atoms with van der Waals surface area (Å²) >= 11 is 0. The van der Waals surface area contributed by atoms with Crippen molar-refractivity contribution in [3.05, 3.63) is 11.8 Å². The molecule has 0 N–H and O–H groups in total. The van der Waals surface area contributed by atoms with Crippen molar-refractivity contribution < 1.29 is 14.4 Å². The molecule has 5 nitrogen and oxygen atoms in total. The Labute approximate surface area is 112 Å². The highest BCUT2D eigenvalue weighted by Crippen LogP contribution is 2.15. The largest absolute Gasteiger partial charge is 0.293 e. The molecular formula is C14H18N2O3. The molecule has 5 heteroatoms. The van der Waals surface area contributed by atoms with Crippen LogP contribution in [0.4, 0.5) is 0 Å². The lowest BCUT2D eigenvalue weighted by Gasteiger charge is -2.20. The highest BCUT2D eigenvalue weighted by Gasteiger charge is 2.29. The van der Waals surface area contributed by atoms with Gasteiger partial charge in [0.05, 0.1) is 6.42 Å². The molecule has 0 aromatic carbocycles. The minimum absolute atomic E-state index is 0.126. The predicted octanol–water partition coefficient (Wildman–Crippen LogP) is 2.08. The fraction of sp³-hybridized carbons (Fsp3) is 0.571. The van der Waals surface area contributed by atoms with Gasteiger partial charge >= 0.3 is 0 Å². The number of imide groups is 1. The van der Waals surface area contributed by atoms with Gasteiger partial charge in [-0.3, -0.25) is 19.3 Å². The van der Waals surface area contributed by atoms with Gasteiger partial charge in [-0.2, -0.15) is 5.26 Å². The fourth-order valence-electron chi connectivity index (χ4n) is 1.89. The molecular weight excluding hydrogens is 244 g/mol. The van der Waals surface area contributed by atoms with Crippen LogP contribution in [-0.2, 0) is 14.4 Å². The molecule has 1 aliphatic heterocycles. The van der Waals surface area contributed by atoms with E-state index in [-0.39, 0.29) is 24.3 Å². The van der Waals surface area contributed by atoms with Crippen LogP contribution in [0.5, 0.6) is 0 Å². The van der Waals surface area contributed by atoms with E-state index in [0.717, 1.165) is 43.2 Å². The molecule has 0 bridgehead atoms. The summed E-state index contributed by atoms with van der Waals surface area (Å²) in [5.74, 6) is -1.39. The van der Waals surface area contributed by atoms with E-state index in [1.54, 1.807) is 6.07 Å². The topological polar surface area (TPSA) is 78.2 Å². The van der Waals surface area contributed by atoms with E-state index in [4.69, 9.17) is 5.26 Å². The zero-order valence-electron chi connectivity index (χ0n) is 11.1. The molecule has 0 aromatic rings. The van der Waals surface area contributed by atoms with Crippen molar-refractivity contribution in [2.45, 2.75) is 51.9 Å². The van der Waals surface area contributed by atoms with Crippen LogP contribution >= 0.6 is 0 Å². The monoisotopic (exact) mass is 262 g/mol. The molecule has 1 aliphatic rings. The van der Waals surface area contributed by atoms with Crippen molar-refractivity contribution in [1.29, 1.82) is 5.26 Å². The number of amides is 2. The van der Waals surface area contributed by atoms with Crippen LogP contribution in [0.1, 0.15) is 51.9 Å². The number of hydrogen-bond donors (Lipinski definition) is 0. The van der Waals surface area contributed by atoms with Crippen LogP contribution in [0.15, 0.2) is 11.8 Å². The summed E-state index contributed by atoms with van der Waals surface area (Å²) in [6.07, 6.45) is 6.00. The normalized spacial score (nSPS) is 15.2. The van der Waals surface area contributed by atoms with Crippen molar-refractivity contribution in [2.24, 2.45) is 0 Å². The molecule has 0 saturated heterocycles. The second-order valence-corrected chi connectivity index (χ2v) is 4.58. The molecule has 0 unspecified atom stereocenters. The summed E-state index contributed by atoms with van der Waals surface area (Å²) < 4.78 is 0. The highest BCUT2D eigenvalue weighted by molar-refractivity contribution is 6.15. The first-order valence-corrected chi connectivity index (χ1v) is 6.60. The molecule has 0 fully saturated rings. The van der Waals surface area contributed by atoms with Gasteiger partial charge in [-0.15, -0.1) is 0 Å². The number of carbonyl (C=O) groups excluding carboxylic acids is 3. The number of rotatable bonds is 6. The third-order valence-electron chi connectivity index (χ3n) is 3.02. The lowest BCUT2D eigenvalue weighted by molar-refractivity contribution is -0.143. The van der Waals surface area contributed by atoms with E-state index < -0.39 is 11.7 Å². The predicted molar refractivity (Wildman–Crippen MR) is 68.5 cm³/mol. The minimum Gasteiger partial charge on any atom is -0.293 e. The Balaban J connectivity index is 2.52. The Morgan fingerprint density at radius 3 is 2.63 bits per heavy atom. The molecule has 0 atom stereocenters. The minimum atomic E-state index is -0.539. The molecule has 1 rings (SSSR count). The van der Waals surface area contributed by atoms with Crippen molar-refractivity contribution in [2.75, 3.05) is 0 Å². The Hall–Kier alpha value is -1.96. The lowest BCUT2D eigenvalue weighted by Crippen LogP contribution is -2.37.